The molecule has 3 nitrogen and oxygen atoms in total. The third kappa shape index (κ3) is 2.52. The van der Waals surface area contributed by atoms with Gasteiger partial charge in [0.1, 0.15) is 0 Å². The lowest BCUT2D eigenvalue weighted by atomic mass is 10.0. The third-order valence-corrected chi connectivity index (χ3v) is 2.67. The van der Waals surface area contributed by atoms with E-state index in [0.717, 1.165) is 12.1 Å². The highest BCUT2D eigenvalue weighted by atomic mass is 19.4. The van der Waals surface area contributed by atoms with Crippen molar-refractivity contribution < 1.29 is 22.7 Å². The van der Waals surface area contributed by atoms with Crippen molar-refractivity contribution in [2.75, 3.05) is 7.11 Å². The molecule has 0 saturated carbocycles. The SMILES string of the molecule is COC(=O)c1cc(C)nc2ccc(C(F)(F)F)cc12. The van der Waals surface area contributed by atoms with Crippen LogP contribution in [0.5, 0.6) is 0 Å². The number of hydrogen-bond acceptors (Lipinski definition) is 3. The van der Waals surface area contributed by atoms with Gasteiger partial charge >= 0.3 is 12.1 Å². The summed E-state index contributed by atoms with van der Waals surface area (Å²) in [6.45, 7) is 1.66. The number of ether oxygens (including phenoxy) is 1. The molecule has 1 heterocycles. The molecule has 0 aliphatic rings. The maximum absolute atomic E-state index is 12.7. The van der Waals surface area contributed by atoms with Crippen molar-refractivity contribution in [2.24, 2.45) is 0 Å². The van der Waals surface area contributed by atoms with Crippen LogP contribution < -0.4 is 0 Å². The molecule has 0 unspecified atom stereocenters. The first-order chi connectivity index (χ1) is 8.82. The monoisotopic (exact) mass is 269 g/mol. The van der Waals surface area contributed by atoms with Gasteiger partial charge in [-0.1, -0.05) is 0 Å². The molecule has 100 valence electrons. The molecule has 0 aliphatic heterocycles. The van der Waals surface area contributed by atoms with Crippen molar-refractivity contribution in [3.63, 3.8) is 0 Å². The van der Waals surface area contributed by atoms with Gasteiger partial charge in [0.25, 0.3) is 0 Å². The maximum atomic E-state index is 12.7. The van der Waals surface area contributed by atoms with Crippen LogP contribution in [0.15, 0.2) is 24.3 Å². The number of benzene rings is 1. The second-order valence-corrected chi connectivity index (χ2v) is 4.03. The average molecular weight is 269 g/mol. The van der Waals surface area contributed by atoms with Crippen LogP contribution >= 0.6 is 0 Å². The lowest BCUT2D eigenvalue weighted by Crippen LogP contribution is -2.07. The van der Waals surface area contributed by atoms with Crippen LogP contribution in [0.3, 0.4) is 0 Å². The minimum atomic E-state index is -4.47. The standard InChI is InChI=1S/C13H10F3NO2/c1-7-5-10(12(18)19-2)9-6-8(13(14,15)16)3-4-11(9)17-7/h3-6H,1-2H3. The largest absolute Gasteiger partial charge is 0.465 e. The predicted octanol–water partition coefficient (Wildman–Crippen LogP) is 3.35. The lowest BCUT2D eigenvalue weighted by molar-refractivity contribution is -0.137. The Balaban J connectivity index is 2.76. The normalized spacial score (nSPS) is 11.6. The number of aromatic nitrogens is 1. The minimum absolute atomic E-state index is 0.0797. The zero-order chi connectivity index (χ0) is 14.2. The predicted molar refractivity (Wildman–Crippen MR) is 62.8 cm³/mol. The Hall–Kier alpha value is -2.11. The maximum Gasteiger partial charge on any atom is 0.416 e. The van der Waals surface area contributed by atoms with Gasteiger partial charge in [0, 0.05) is 11.1 Å². The Morgan fingerprint density at radius 1 is 1.26 bits per heavy atom. The van der Waals surface area contributed by atoms with E-state index in [1.165, 1.54) is 19.2 Å². The van der Waals surface area contributed by atoms with Crippen molar-refractivity contribution in [1.82, 2.24) is 4.98 Å². The Bertz CT molecular complexity index is 650. The zero-order valence-electron chi connectivity index (χ0n) is 10.2. The minimum Gasteiger partial charge on any atom is -0.465 e. The average Bonchev–Trinajstić information content (AvgIpc) is 2.35. The van der Waals surface area contributed by atoms with E-state index < -0.39 is 17.7 Å². The molecular formula is C13H10F3NO2. The first-order valence-corrected chi connectivity index (χ1v) is 5.40. The van der Waals surface area contributed by atoms with Gasteiger partial charge in [-0.15, -0.1) is 0 Å². The number of rotatable bonds is 1. The number of carbonyl (C=O) groups is 1. The van der Waals surface area contributed by atoms with Crippen LogP contribution in [0.2, 0.25) is 0 Å². The van der Waals surface area contributed by atoms with E-state index in [0.29, 0.717) is 11.2 Å². The first kappa shape index (κ1) is 13.3. The van der Waals surface area contributed by atoms with Gasteiger partial charge in [0.05, 0.1) is 23.8 Å². The van der Waals surface area contributed by atoms with Crippen LogP contribution in [-0.2, 0) is 10.9 Å². The van der Waals surface area contributed by atoms with E-state index in [1.54, 1.807) is 6.92 Å². The van der Waals surface area contributed by atoms with Crippen molar-refractivity contribution in [3.8, 4) is 0 Å². The number of halogens is 3. The van der Waals surface area contributed by atoms with Crippen LogP contribution in [-0.4, -0.2) is 18.1 Å². The summed E-state index contributed by atoms with van der Waals surface area (Å²) in [4.78, 5) is 15.7. The number of fused-ring (bicyclic) bond motifs is 1. The molecule has 0 aliphatic carbocycles. The summed E-state index contributed by atoms with van der Waals surface area (Å²) in [6, 6.07) is 4.51. The van der Waals surface area contributed by atoms with E-state index in [2.05, 4.69) is 9.72 Å². The van der Waals surface area contributed by atoms with Crippen LogP contribution in [0.4, 0.5) is 13.2 Å². The number of methoxy groups -OCH3 is 1. The fourth-order valence-corrected chi connectivity index (χ4v) is 1.81. The van der Waals surface area contributed by atoms with Gasteiger partial charge < -0.3 is 4.74 Å². The summed E-state index contributed by atoms with van der Waals surface area (Å²) >= 11 is 0. The fourth-order valence-electron chi connectivity index (χ4n) is 1.81. The van der Waals surface area contributed by atoms with Crippen molar-refractivity contribution in [2.45, 2.75) is 13.1 Å². The van der Waals surface area contributed by atoms with E-state index in [1.807, 2.05) is 0 Å². The van der Waals surface area contributed by atoms with Crippen molar-refractivity contribution in [3.05, 3.63) is 41.1 Å². The van der Waals surface area contributed by atoms with E-state index >= 15 is 0 Å². The number of aryl methyl sites for hydroxylation is 1. The topological polar surface area (TPSA) is 39.2 Å². The summed E-state index contributed by atoms with van der Waals surface area (Å²) in [5, 5.41) is 0.132. The van der Waals surface area contributed by atoms with Gasteiger partial charge in [0.15, 0.2) is 0 Å². The molecule has 6 heteroatoms. The molecule has 19 heavy (non-hydrogen) atoms. The number of esters is 1. The fraction of sp³-hybridized carbons (Fsp3) is 0.231. The van der Waals surface area contributed by atoms with Gasteiger partial charge in [-0.2, -0.15) is 13.2 Å². The van der Waals surface area contributed by atoms with Crippen molar-refractivity contribution in [1.29, 1.82) is 0 Å². The summed E-state index contributed by atoms with van der Waals surface area (Å²) in [7, 11) is 1.18. The molecule has 1 aromatic carbocycles. The molecule has 0 amide bonds. The van der Waals surface area contributed by atoms with Gasteiger partial charge in [-0.25, -0.2) is 4.79 Å². The molecule has 0 fully saturated rings. The second kappa shape index (κ2) is 4.53. The molecule has 0 atom stereocenters. The van der Waals surface area contributed by atoms with Gasteiger partial charge in [0.2, 0.25) is 0 Å². The molecule has 2 aromatic rings. The number of pyridine rings is 1. The molecule has 0 radical (unpaired) electrons. The van der Waals surface area contributed by atoms with Gasteiger partial charge in [-0.3, -0.25) is 4.98 Å². The number of nitrogens with zero attached hydrogens (tertiary/aromatic N) is 1. The second-order valence-electron chi connectivity index (χ2n) is 4.03. The van der Waals surface area contributed by atoms with E-state index in [4.69, 9.17) is 0 Å². The van der Waals surface area contributed by atoms with Crippen LogP contribution in [0, 0.1) is 6.92 Å². The molecular weight excluding hydrogens is 259 g/mol. The van der Waals surface area contributed by atoms with Crippen LogP contribution in [0.1, 0.15) is 21.6 Å². The number of hydrogen-bond donors (Lipinski definition) is 0. The summed E-state index contributed by atoms with van der Waals surface area (Å²) in [5.74, 6) is -0.685. The van der Waals surface area contributed by atoms with E-state index in [-0.39, 0.29) is 10.9 Å². The van der Waals surface area contributed by atoms with E-state index in [9.17, 15) is 18.0 Å². The molecule has 0 spiro atoms. The molecule has 0 N–H and O–H groups in total. The van der Waals surface area contributed by atoms with Crippen LogP contribution in [0.25, 0.3) is 10.9 Å². The molecule has 0 bridgehead atoms. The lowest BCUT2D eigenvalue weighted by Gasteiger charge is -2.10. The highest BCUT2D eigenvalue weighted by Crippen LogP contribution is 2.32. The molecule has 2 rings (SSSR count). The Labute approximate surface area is 107 Å². The van der Waals surface area contributed by atoms with Gasteiger partial charge in [-0.05, 0) is 31.2 Å². The Kier molecular flexibility index (Phi) is 3.18. The molecule has 1 aromatic heterocycles. The summed E-state index contributed by atoms with van der Waals surface area (Å²) in [5.41, 5.74) is 0.118. The first-order valence-electron chi connectivity index (χ1n) is 5.40. The zero-order valence-corrected chi connectivity index (χ0v) is 10.2. The number of carbonyl (C=O) groups excluding carboxylic acids is 1. The van der Waals surface area contributed by atoms with Crippen molar-refractivity contribution >= 4 is 16.9 Å². The quantitative estimate of drug-likeness (QED) is 0.745. The molecule has 0 saturated heterocycles. The smallest absolute Gasteiger partial charge is 0.416 e. The number of alkyl halides is 3. The highest BCUT2D eigenvalue weighted by molar-refractivity contribution is 6.03. The summed E-state index contributed by atoms with van der Waals surface area (Å²) in [6.07, 6.45) is -4.47. The third-order valence-electron chi connectivity index (χ3n) is 2.67. The Morgan fingerprint density at radius 2 is 1.95 bits per heavy atom. The Morgan fingerprint density at radius 3 is 2.53 bits per heavy atom. The summed E-state index contributed by atoms with van der Waals surface area (Å²) < 4.78 is 42.6. The highest BCUT2D eigenvalue weighted by Gasteiger charge is 2.31.